The smallest absolute Gasteiger partial charge is 0.257 e. The minimum Gasteiger partial charge on any atom is -0.337 e. The maximum atomic E-state index is 12.7. The van der Waals surface area contributed by atoms with Gasteiger partial charge in [0.05, 0.1) is 23.1 Å². The molecule has 5 nitrogen and oxygen atoms in total. The summed E-state index contributed by atoms with van der Waals surface area (Å²) in [7, 11) is 0. The van der Waals surface area contributed by atoms with Gasteiger partial charge < -0.3 is 10.6 Å². The molecule has 0 bridgehead atoms. The Morgan fingerprint density at radius 1 is 1.45 bits per heavy atom. The quantitative estimate of drug-likeness (QED) is 0.892. The Balaban J connectivity index is 1.88. The van der Waals surface area contributed by atoms with Gasteiger partial charge in [0.1, 0.15) is 0 Å². The monoisotopic (exact) mass is 362 g/mol. The molecule has 1 aliphatic heterocycles. The van der Waals surface area contributed by atoms with Crippen molar-refractivity contribution in [1.82, 2.24) is 14.7 Å². The molecule has 1 amide bonds. The summed E-state index contributed by atoms with van der Waals surface area (Å²) >= 11 is 3.46. The van der Waals surface area contributed by atoms with Crippen LogP contribution in [0.15, 0.2) is 34.9 Å². The molecule has 0 radical (unpaired) electrons. The van der Waals surface area contributed by atoms with Gasteiger partial charge in [-0.3, -0.25) is 4.79 Å². The molecule has 1 aromatic carbocycles. The Kier molecular flexibility index (Phi) is 4.31. The van der Waals surface area contributed by atoms with Crippen molar-refractivity contribution in [2.75, 3.05) is 13.1 Å². The molecule has 1 aromatic heterocycles. The number of amides is 1. The van der Waals surface area contributed by atoms with E-state index in [-0.39, 0.29) is 11.9 Å². The molecule has 1 fully saturated rings. The zero-order valence-electron chi connectivity index (χ0n) is 12.5. The van der Waals surface area contributed by atoms with Crippen LogP contribution in [0.5, 0.6) is 0 Å². The van der Waals surface area contributed by atoms with Crippen LogP contribution in [0.2, 0.25) is 0 Å². The molecule has 1 aliphatic rings. The average Bonchev–Trinajstić information content (AvgIpc) is 2.88. The molecule has 116 valence electrons. The maximum Gasteiger partial charge on any atom is 0.257 e. The van der Waals surface area contributed by atoms with Gasteiger partial charge >= 0.3 is 0 Å². The van der Waals surface area contributed by atoms with Crippen molar-refractivity contribution < 1.29 is 4.79 Å². The second-order valence-electron chi connectivity index (χ2n) is 5.69. The van der Waals surface area contributed by atoms with Crippen molar-refractivity contribution >= 4 is 21.8 Å². The van der Waals surface area contributed by atoms with Gasteiger partial charge in [0.2, 0.25) is 0 Å². The van der Waals surface area contributed by atoms with Crippen LogP contribution in [-0.4, -0.2) is 39.7 Å². The summed E-state index contributed by atoms with van der Waals surface area (Å²) in [6, 6.07) is 7.94. The van der Waals surface area contributed by atoms with Crippen molar-refractivity contribution in [3.63, 3.8) is 0 Å². The van der Waals surface area contributed by atoms with Gasteiger partial charge in [-0.25, -0.2) is 4.68 Å². The molecule has 0 saturated carbocycles. The number of benzene rings is 1. The highest BCUT2D eigenvalue weighted by molar-refractivity contribution is 9.10. The molecule has 6 heteroatoms. The van der Waals surface area contributed by atoms with Crippen LogP contribution in [0.4, 0.5) is 0 Å². The summed E-state index contributed by atoms with van der Waals surface area (Å²) in [4.78, 5) is 14.5. The van der Waals surface area contributed by atoms with E-state index in [0.717, 1.165) is 35.2 Å². The van der Waals surface area contributed by atoms with Crippen LogP contribution in [0, 0.1) is 6.92 Å². The summed E-state index contributed by atoms with van der Waals surface area (Å²) < 4.78 is 2.77. The average molecular weight is 363 g/mol. The molecule has 0 spiro atoms. The molecule has 22 heavy (non-hydrogen) atoms. The van der Waals surface area contributed by atoms with Crippen molar-refractivity contribution in [3.8, 4) is 5.69 Å². The van der Waals surface area contributed by atoms with E-state index in [1.165, 1.54) is 0 Å². The van der Waals surface area contributed by atoms with E-state index in [4.69, 9.17) is 5.73 Å². The van der Waals surface area contributed by atoms with E-state index in [9.17, 15) is 4.79 Å². The molecule has 2 heterocycles. The summed E-state index contributed by atoms with van der Waals surface area (Å²) in [5, 5.41) is 4.38. The lowest BCUT2D eigenvalue weighted by molar-refractivity contribution is 0.0708. The van der Waals surface area contributed by atoms with E-state index in [1.54, 1.807) is 10.9 Å². The Morgan fingerprint density at radius 2 is 2.27 bits per heavy atom. The van der Waals surface area contributed by atoms with Gasteiger partial charge in [-0.05, 0) is 38.0 Å². The first-order chi connectivity index (χ1) is 10.6. The Bertz CT molecular complexity index is 697. The van der Waals surface area contributed by atoms with Gasteiger partial charge in [-0.15, -0.1) is 0 Å². The normalized spacial score (nSPS) is 18.5. The third-order valence-electron chi connectivity index (χ3n) is 4.04. The molecule has 1 saturated heterocycles. The first-order valence-electron chi connectivity index (χ1n) is 7.41. The summed E-state index contributed by atoms with van der Waals surface area (Å²) in [5.74, 6) is 0.0221. The largest absolute Gasteiger partial charge is 0.337 e. The third-order valence-corrected chi connectivity index (χ3v) is 4.53. The molecule has 1 atom stereocenters. The minimum absolute atomic E-state index is 0.0221. The van der Waals surface area contributed by atoms with Crippen LogP contribution in [0.1, 0.15) is 28.9 Å². The molecular formula is C16H19BrN4O. The van der Waals surface area contributed by atoms with Crippen LogP contribution in [0.3, 0.4) is 0 Å². The predicted molar refractivity (Wildman–Crippen MR) is 89.1 cm³/mol. The van der Waals surface area contributed by atoms with E-state index >= 15 is 0 Å². The predicted octanol–water partition coefficient (Wildman–Crippen LogP) is 2.51. The van der Waals surface area contributed by atoms with Crippen LogP contribution in [-0.2, 0) is 0 Å². The number of rotatable bonds is 2. The number of carbonyl (C=O) groups is 1. The Hall–Kier alpha value is -1.66. The number of aromatic nitrogens is 2. The standard InChI is InChI=1S/C16H19BrN4O/c1-11-15(16(22)20-7-3-5-13(18)10-20)9-19-21(11)14-6-2-4-12(17)8-14/h2,4,6,8-9,13H,3,5,7,10,18H2,1H3. The van der Waals surface area contributed by atoms with Crippen LogP contribution < -0.4 is 5.73 Å². The second kappa shape index (κ2) is 6.22. The van der Waals surface area contributed by atoms with Crippen molar-refractivity contribution in [2.24, 2.45) is 5.73 Å². The summed E-state index contributed by atoms with van der Waals surface area (Å²) in [6.45, 7) is 3.32. The fourth-order valence-corrected chi connectivity index (χ4v) is 3.24. The van der Waals surface area contributed by atoms with Gasteiger partial charge in [0.15, 0.2) is 0 Å². The van der Waals surface area contributed by atoms with Crippen molar-refractivity contribution in [2.45, 2.75) is 25.8 Å². The lowest BCUT2D eigenvalue weighted by Gasteiger charge is -2.30. The number of halogens is 1. The van der Waals surface area contributed by atoms with Crippen LogP contribution >= 0.6 is 15.9 Å². The number of nitrogens with zero attached hydrogens (tertiary/aromatic N) is 3. The van der Waals surface area contributed by atoms with Gasteiger partial charge in [0.25, 0.3) is 5.91 Å². The number of hydrogen-bond acceptors (Lipinski definition) is 3. The number of carbonyl (C=O) groups excluding carboxylic acids is 1. The molecule has 2 aromatic rings. The number of likely N-dealkylation sites (tertiary alicyclic amines) is 1. The minimum atomic E-state index is 0.0221. The first kappa shape index (κ1) is 15.2. The zero-order valence-corrected chi connectivity index (χ0v) is 14.1. The fourth-order valence-electron chi connectivity index (χ4n) is 2.85. The van der Waals surface area contributed by atoms with E-state index < -0.39 is 0 Å². The first-order valence-corrected chi connectivity index (χ1v) is 8.21. The van der Waals surface area contributed by atoms with E-state index in [0.29, 0.717) is 12.1 Å². The maximum absolute atomic E-state index is 12.7. The second-order valence-corrected chi connectivity index (χ2v) is 6.60. The molecule has 3 rings (SSSR count). The van der Waals surface area contributed by atoms with Crippen molar-refractivity contribution in [1.29, 1.82) is 0 Å². The van der Waals surface area contributed by atoms with Gasteiger partial charge in [0, 0.05) is 23.6 Å². The van der Waals surface area contributed by atoms with Gasteiger partial charge in [-0.2, -0.15) is 5.10 Å². The number of nitrogens with two attached hydrogens (primary N) is 1. The molecule has 2 N–H and O–H groups in total. The molecule has 1 unspecified atom stereocenters. The lowest BCUT2D eigenvalue weighted by Crippen LogP contribution is -2.45. The molecule has 0 aliphatic carbocycles. The van der Waals surface area contributed by atoms with E-state index in [2.05, 4.69) is 21.0 Å². The molecular weight excluding hydrogens is 344 g/mol. The third kappa shape index (κ3) is 2.94. The Morgan fingerprint density at radius 3 is 3.00 bits per heavy atom. The van der Waals surface area contributed by atoms with Crippen molar-refractivity contribution in [3.05, 3.63) is 46.2 Å². The topological polar surface area (TPSA) is 64.2 Å². The van der Waals surface area contributed by atoms with E-state index in [1.807, 2.05) is 36.1 Å². The highest BCUT2D eigenvalue weighted by atomic mass is 79.9. The van der Waals surface area contributed by atoms with Crippen LogP contribution in [0.25, 0.3) is 5.69 Å². The SMILES string of the molecule is Cc1c(C(=O)N2CCCC(N)C2)cnn1-c1cccc(Br)c1. The Labute approximate surface area is 138 Å². The fraction of sp³-hybridized carbons (Fsp3) is 0.375. The number of hydrogen-bond donors (Lipinski definition) is 1. The van der Waals surface area contributed by atoms with Gasteiger partial charge in [-0.1, -0.05) is 22.0 Å². The number of piperidine rings is 1. The zero-order chi connectivity index (χ0) is 15.7. The lowest BCUT2D eigenvalue weighted by atomic mass is 10.1. The summed E-state index contributed by atoms with van der Waals surface area (Å²) in [6.07, 6.45) is 3.60. The highest BCUT2D eigenvalue weighted by Crippen LogP contribution is 2.20. The highest BCUT2D eigenvalue weighted by Gasteiger charge is 2.25. The summed E-state index contributed by atoms with van der Waals surface area (Å²) in [5.41, 5.74) is 8.40.